The van der Waals surface area contributed by atoms with Crippen LogP contribution in [0.3, 0.4) is 0 Å². The fraction of sp³-hybridized carbons (Fsp3) is 0.600. The normalized spacial score (nSPS) is 21.1. The van der Waals surface area contributed by atoms with E-state index in [1.807, 2.05) is 0 Å². The number of benzene rings is 1. The highest BCUT2D eigenvalue weighted by Crippen LogP contribution is 2.33. The Morgan fingerprint density at radius 2 is 1.75 bits per heavy atom. The Hall–Kier alpha value is -1.04. The van der Waals surface area contributed by atoms with Crippen molar-refractivity contribution in [3.05, 3.63) is 46.5 Å². The molecule has 2 atom stereocenters. The molecule has 1 aliphatic carbocycles. The highest BCUT2D eigenvalue weighted by Gasteiger charge is 2.16. The molecule has 0 radical (unpaired) electrons. The van der Waals surface area contributed by atoms with Crippen LogP contribution in [0.2, 0.25) is 0 Å². The molecule has 0 aliphatic heterocycles. The molecule has 0 unspecified atom stereocenters. The lowest BCUT2D eigenvalue weighted by molar-refractivity contribution is 0.400. The Morgan fingerprint density at radius 1 is 1.05 bits per heavy atom. The molecule has 0 amide bonds. The number of aryl methyl sites for hydroxylation is 1. The summed E-state index contributed by atoms with van der Waals surface area (Å²) in [5, 5.41) is 0. The summed E-state index contributed by atoms with van der Waals surface area (Å²) in [4.78, 5) is 0. The van der Waals surface area contributed by atoms with E-state index in [9.17, 15) is 0 Å². The molecule has 0 nitrogen and oxygen atoms in total. The lowest BCUT2D eigenvalue weighted by Crippen LogP contribution is -2.08. The largest absolute Gasteiger partial charge is 0.0744 e. The molecule has 0 saturated heterocycles. The van der Waals surface area contributed by atoms with E-state index in [1.54, 1.807) is 11.1 Å². The van der Waals surface area contributed by atoms with Crippen LogP contribution in [0.5, 0.6) is 0 Å². The first kappa shape index (κ1) is 15.4. The first-order valence-electron chi connectivity index (χ1n) is 8.28. The van der Waals surface area contributed by atoms with Crippen LogP contribution in [0.15, 0.2) is 35.4 Å². The van der Waals surface area contributed by atoms with Gasteiger partial charge in [-0.1, -0.05) is 60.7 Å². The second kappa shape index (κ2) is 7.11. The van der Waals surface area contributed by atoms with Crippen molar-refractivity contribution in [3.63, 3.8) is 0 Å². The Morgan fingerprint density at radius 3 is 2.40 bits per heavy atom. The van der Waals surface area contributed by atoms with Gasteiger partial charge in [-0.2, -0.15) is 0 Å². The third-order valence-electron chi connectivity index (χ3n) is 5.15. The average molecular weight is 270 g/mol. The molecule has 1 aromatic carbocycles. The van der Waals surface area contributed by atoms with E-state index in [0.717, 1.165) is 5.92 Å². The molecule has 0 bridgehead atoms. The third kappa shape index (κ3) is 4.23. The number of rotatable bonds is 5. The molecule has 20 heavy (non-hydrogen) atoms. The van der Waals surface area contributed by atoms with Gasteiger partial charge in [-0.05, 0) is 63.9 Å². The zero-order valence-electron chi connectivity index (χ0n) is 13.7. The number of hydrogen-bond donors (Lipinski definition) is 0. The summed E-state index contributed by atoms with van der Waals surface area (Å²) in [5.74, 6) is 1.65. The zero-order valence-corrected chi connectivity index (χ0v) is 13.7. The van der Waals surface area contributed by atoms with Gasteiger partial charge in [0.1, 0.15) is 0 Å². The summed E-state index contributed by atoms with van der Waals surface area (Å²) < 4.78 is 0. The summed E-state index contributed by atoms with van der Waals surface area (Å²) >= 11 is 0. The Balaban J connectivity index is 1.75. The molecule has 0 N–H and O–H groups in total. The van der Waals surface area contributed by atoms with Crippen LogP contribution in [0, 0.1) is 12.8 Å². The molecule has 0 fully saturated rings. The minimum absolute atomic E-state index is 0.706. The van der Waals surface area contributed by atoms with Crippen molar-refractivity contribution in [2.45, 2.75) is 72.1 Å². The standard InChI is InChI=1S/C20H30/c1-15-8-12-20(13-9-15)17(3)6-5-7-19-11-10-16(2)18(4)14-19/h8-9,12-13,17,19H,5-7,10-11,14H2,1-4H3/t17-,19+/m0/s1. The Bertz CT molecular complexity index is 449. The van der Waals surface area contributed by atoms with E-state index in [4.69, 9.17) is 0 Å². The molecule has 2 rings (SSSR count). The van der Waals surface area contributed by atoms with E-state index in [1.165, 1.54) is 49.7 Å². The molecule has 0 spiro atoms. The van der Waals surface area contributed by atoms with Crippen LogP contribution in [-0.4, -0.2) is 0 Å². The van der Waals surface area contributed by atoms with Gasteiger partial charge in [0.2, 0.25) is 0 Å². The zero-order chi connectivity index (χ0) is 14.5. The maximum absolute atomic E-state index is 2.38. The molecule has 0 heteroatoms. The predicted octanol–water partition coefficient (Wildman–Crippen LogP) is 6.41. The summed E-state index contributed by atoms with van der Waals surface area (Å²) in [7, 11) is 0. The van der Waals surface area contributed by atoms with Gasteiger partial charge >= 0.3 is 0 Å². The van der Waals surface area contributed by atoms with Gasteiger partial charge in [-0.3, -0.25) is 0 Å². The number of hydrogen-bond acceptors (Lipinski definition) is 0. The molecule has 0 heterocycles. The van der Waals surface area contributed by atoms with E-state index in [0.29, 0.717) is 5.92 Å². The minimum Gasteiger partial charge on any atom is -0.0744 e. The lowest BCUT2D eigenvalue weighted by Gasteiger charge is -2.24. The first-order chi connectivity index (χ1) is 9.56. The van der Waals surface area contributed by atoms with Crippen molar-refractivity contribution in [1.29, 1.82) is 0 Å². The van der Waals surface area contributed by atoms with Crippen molar-refractivity contribution in [3.8, 4) is 0 Å². The van der Waals surface area contributed by atoms with Gasteiger partial charge in [0.25, 0.3) is 0 Å². The van der Waals surface area contributed by atoms with Crippen LogP contribution < -0.4 is 0 Å². The fourth-order valence-corrected chi connectivity index (χ4v) is 3.36. The van der Waals surface area contributed by atoms with Crippen LogP contribution in [-0.2, 0) is 0 Å². The van der Waals surface area contributed by atoms with Crippen molar-refractivity contribution >= 4 is 0 Å². The van der Waals surface area contributed by atoms with Crippen LogP contribution in [0.25, 0.3) is 0 Å². The van der Waals surface area contributed by atoms with Gasteiger partial charge in [0, 0.05) is 0 Å². The van der Waals surface area contributed by atoms with Crippen LogP contribution >= 0.6 is 0 Å². The summed E-state index contributed by atoms with van der Waals surface area (Å²) in [6, 6.07) is 9.08. The SMILES string of the molecule is CC1=C(C)C[C@H](CCC[C@H](C)c2ccc(C)cc2)CC1. The van der Waals surface area contributed by atoms with E-state index in [-0.39, 0.29) is 0 Å². The average Bonchev–Trinajstić information content (AvgIpc) is 2.43. The second-order valence-electron chi connectivity index (χ2n) is 6.91. The van der Waals surface area contributed by atoms with Gasteiger partial charge < -0.3 is 0 Å². The fourth-order valence-electron chi connectivity index (χ4n) is 3.36. The molecule has 110 valence electrons. The minimum atomic E-state index is 0.706. The molecule has 1 aromatic rings. The number of allylic oxidation sites excluding steroid dienone is 2. The van der Waals surface area contributed by atoms with Crippen LogP contribution in [0.4, 0.5) is 0 Å². The highest BCUT2D eigenvalue weighted by atomic mass is 14.2. The van der Waals surface area contributed by atoms with Crippen molar-refractivity contribution < 1.29 is 0 Å². The Kier molecular flexibility index (Phi) is 5.46. The lowest BCUT2D eigenvalue weighted by atomic mass is 9.81. The maximum atomic E-state index is 2.38. The maximum Gasteiger partial charge on any atom is -0.0190 e. The van der Waals surface area contributed by atoms with Crippen molar-refractivity contribution in [2.75, 3.05) is 0 Å². The summed E-state index contributed by atoms with van der Waals surface area (Å²) in [6.07, 6.45) is 8.24. The van der Waals surface area contributed by atoms with Gasteiger partial charge in [-0.15, -0.1) is 0 Å². The van der Waals surface area contributed by atoms with E-state index < -0.39 is 0 Å². The quantitative estimate of drug-likeness (QED) is 0.543. The molecule has 1 aliphatic rings. The van der Waals surface area contributed by atoms with Gasteiger partial charge in [0.15, 0.2) is 0 Å². The summed E-state index contributed by atoms with van der Waals surface area (Å²) in [5.41, 5.74) is 6.18. The monoisotopic (exact) mass is 270 g/mol. The second-order valence-corrected chi connectivity index (χ2v) is 6.91. The molecule has 0 aromatic heterocycles. The third-order valence-corrected chi connectivity index (χ3v) is 5.15. The van der Waals surface area contributed by atoms with Crippen molar-refractivity contribution in [1.82, 2.24) is 0 Å². The van der Waals surface area contributed by atoms with E-state index >= 15 is 0 Å². The summed E-state index contributed by atoms with van der Waals surface area (Å²) in [6.45, 7) is 9.18. The molecule has 0 saturated carbocycles. The van der Waals surface area contributed by atoms with Gasteiger partial charge in [-0.25, -0.2) is 0 Å². The van der Waals surface area contributed by atoms with Gasteiger partial charge in [0.05, 0.1) is 0 Å². The van der Waals surface area contributed by atoms with Crippen molar-refractivity contribution in [2.24, 2.45) is 5.92 Å². The first-order valence-corrected chi connectivity index (χ1v) is 8.28. The van der Waals surface area contributed by atoms with Crippen LogP contribution in [0.1, 0.15) is 76.3 Å². The Labute approximate surface area is 125 Å². The molecular formula is C20H30. The van der Waals surface area contributed by atoms with E-state index in [2.05, 4.69) is 52.0 Å². The topological polar surface area (TPSA) is 0 Å². The molecular weight excluding hydrogens is 240 g/mol. The highest BCUT2D eigenvalue weighted by molar-refractivity contribution is 5.24. The smallest absolute Gasteiger partial charge is 0.0190 e. The predicted molar refractivity (Wildman–Crippen MR) is 89.2 cm³/mol.